The summed E-state index contributed by atoms with van der Waals surface area (Å²) in [4.78, 5) is 48.4. The van der Waals surface area contributed by atoms with Crippen molar-refractivity contribution in [3.05, 3.63) is 85.1 Å². The van der Waals surface area contributed by atoms with Crippen molar-refractivity contribution in [2.45, 2.75) is 251 Å². The predicted octanol–water partition coefficient (Wildman–Crippen LogP) is 16.7. The fourth-order valence-corrected chi connectivity index (χ4v) is 8.24. The minimum atomic E-state index is -4.77. The van der Waals surface area contributed by atoms with Gasteiger partial charge in [0.1, 0.15) is 12.7 Å². The van der Waals surface area contributed by atoms with Crippen LogP contribution in [0.2, 0.25) is 0 Å². The molecule has 0 bridgehead atoms. The van der Waals surface area contributed by atoms with E-state index in [2.05, 4.69) is 93.7 Å². The van der Waals surface area contributed by atoms with Crippen LogP contribution in [0.15, 0.2) is 85.1 Å². The molecule has 0 spiro atoms. The van der Waals surface area contributed by atoms with Crippen LogP contribution in [0.25, 0.3) is 0 Å². The lowest BCUT2D eigenvalue weighted by Gasteiger charge is -2.21. The smallest absolute Gasteiger partial charge is 0.462 e. The minimum Gasteiger partial charge on any atom is -0.462 e. The van der Waals surface area contributed by atoms with Crippen molar-refractivity contribution < 1.29 is 52.2 Å². The number of unbranched alkanes of at least 4 members (excludes halogenated alkanes) is 21. The number of ether oxygens (including phenoxy) is 3. The molecule has 0 aromatic carbocycles. The molecule has 0 saturated carbocycles. The number of hydrogen-bond acceptors (Lipinski definition) is 10. The third-order valence-electron chi connectivity index (χ3n) is 11.8. The van der Waals surface area contributed by atoms with Gasteiger partial charge in [-0.1, -0.05) is 202 Å². The zero-order chi connectivity index (χ0) is 52.7. The standard InChI is InChI=1S/C60H103O11P/c1-4-7-10-13-16-19-22-25-26-27-28-29-30-33-34-37-40-43-46-49-58(62)67-53-57(71-60(64)51-48-45-42-39-36-32-24-21-18-15-12-9-6-3)55-69-72(65,66)68-54-56(52-61)70-59(63)50-47-44-41-38-35-31-23-20-17-14-11-8-5-2/h9,12,16,18-21,23,25-26,32,36,42,45,56-57,61H,4-8,10-11,13-15,17,22,24,27-31,33-35,37-41,43-44,46-55H2,1-3H3,(H,65,66)/b12-9-,19-16-,21-18-,23-20-,26-25-,36-32-,45-42-. The molecule has 0 aliphatic rings. The molecule has 0 rings (SSSR count). The van der Waals surface area contributed by atoms with Crippen LogP contribution in [0, 0.1) is 0 Å². The molecule has 3 atom stereocenters. The highest BCUT2D eigenvalue weighted by Gasteiger charge is 2.28. The molecular weight excluding hydrogens is 928 g/mol. The Kier molecular flexibility index (Phi) is 51.4. The summed E-state index contributed by atoms with van der Waals surface area (Å²) in [5.74, 6) is -1.58. The normalized spacial score (nSPS) is 14.0. The van der Waals surface area contributed by atoms with Crippen molar-refractivity contribution in [3.63, 3.8) is 0 Å². The van der Waals surface area contributed by atoms with Crippen LogP contribution in [0.3, 0.4) is 0 Å². The number of hydrogen-bond donors (Lipinski definition) is 2. The lowest BCUT2D eigenvalue weighted by Crippen LogP contribution is -2.30. The van der Waals surface area contributed by atoms with Gasteiger partial charge in [-0.3, -0.25) is 23.4 Å². The molecular formula is C60H103O11P. The van der Waals surface area contributed by atoms with Crippen LogP contribution < -0.4 is 0 Å². The first-order valence-electron chi connectivity index (χ1n) is 28.5. The molecule has 0 radical (unpaired) electrons. The fraction of sp³-hybridized carbons (Fsp3) is 0.717. The highest BCUT2D eigenvalue weighted by Crippen LogP contribution is 2.43. The first-order chi connectivity index (χ1) is 35.2. The van der Waals surface area contributed by atoms with Crippen molar-refractivity contribution in [1.82, 2.24) is 0 Å². The summed E-state index contributed by atoms with van der Waals surface area (Å²) in [6, 6.07) is 0. The summed E-state index contributed by atoms with van der Waals surface area (Å²) in [6.07, 6.45) is 61.3. The molecule has 0 amide bonds. The van der Waals surface area contributed by atoms with Gasteiger partial charge >= 0.3 is 25.7 Å². The van der Waals surface area contributed by atoms with Gasteiger partial charge in [-0.15, -0.1) is 0 Å². The molecule has 0 fully saturated rings. The van der Waals surface area contributed by atoms with Gasteiger partial charge in [-0.05, 0) is 103 Å². The summed E-state index contributed by atoms with van der Waals surface area (Å²) >= 11 is 0. The molecule has 414 valence electrons. The number of allylic oxidation sites excluding steroid dienone is 14. The van der Waals surface area contributed by atoms with Crippen molar-refractivity contribution in [2.24, 2.45) is 0 Å². The topological polar surface area (TPSA) is 155 Å². The molecule has 0 aromatic heterocycles. The Hall–Kier alpha value is -3.34. The van der Waals surface area contributed by atoms with Gasteiger partial charge in [0, 0.05) is 19.3 Å². The molecule has 0 heterocycles. The third-order valence-corrected chi connectivity index (χ3v) is 12.7. The van der Waals surface area contributed by atoms with Crippen LogP contribution in [0.5, 0.6) is 0 Å². The number of aliphatic hydroxyl groups excluding tert-OH is 1. The van der Waals surface area contributed by atoms with Gasteiger partial charge in [-0.2, -0.15) is 0 Å². The van der Waals surface area contributed by atoms with E-state index in [4.69, 9.17) is 23.3 Å². The molecule has 0 aromatic rings. The van der Waals surface area contributed by atoms with Gasteiger partial charge in [0.05, 0.1) is 19.8 Å². The number of rotatable bonds is 52. The summed E-state index contributed by atoms with van der Waals surface area (Å²) in [6.45, 7) is 4.39. The van der Waals surface area contributed by atoms with Gasteiger partial charge in [-0.25, -0.2) is 4.57 Å². The molecule has 0 aliphatic heterocycles. The molecule has 3 unspecified atom stereocenters. The first-order valence-corrected chi connectivity index (χ1v) is 30.0. The molecule has 2 N–H and O–H groups in total. The van der Waals surface area contributed by atoms with Crippen molar-refractivity contribution >= 4 is 25.7 Å². The molecule has 0 saturated heterocycles. The van der Waals surface area contributed by atoms with E-state index in [-0.39, 0.29) is 25.9 Å². The van der Waals surface area contributed by atoms with Crippen LogP contribution in [-0.4, -0.2) is 66.5 Å². The van der Waals surface area contributed by atoms with Crippen molar-refractivity contribution in [2.75, 3.05) is 26.4 Å². The largest absolute Gasteiger partial charge is 0.472 e. The Morgan fingerprint density at radius 3 is 1.24 bits per heavy atom. The zero-order valence-corrected chi connectivity index (χ0v) is 46.5. The highest BCUT2D eigenvalue weighted by atomic mass is 31.2. The third kappa shape index (κ3) is 51.6. The second kappa shape index (κ2) is 53.9. The van der Waals surface area contributed by atoms with Crippen molar-refractivity contribution in [3.8, 4) is 0 Å². The number of aliphatic hydroxyl groups is 1. The van der Waals surface area contributed by atoms with E-state index in [0.29, 0.717) is 19.3 Å². The van der Waals surface area contributed by atoms with Gasteiger partial charge in [0.2, 0.25) is 0 Å². The molecule has 12 heteroatoms. The molecule has 0 aliphatic carbocycles. The molecule has 72 heavy (non-hydrogen) atoms. The summed E-state index contributed by atoms with van der Waals surface area (Å²) in [5, 5.41) is 9.79. The minimum absolute atomic E-state index is 0.0428. The number of esters is 3. The van der Waals surface area contributed by atoms with E-state index in [1.54, 1.807) is 0 Å². The maximum absolute atomic E-state index is 12.9. The molecule has 11 nitrogen and oxygen atoms in total. The van der Waals surface area contributed by atoms with E-state index < -0.39 is 57.8 Å². The van der Waals surface area contributed by atoms with E-state index in [9.17, 15) is 28.9 Å². The van der Waals surface area contributed by atoms with Crippen LogP contribution in [0.4, 0.5) is 0 Å². The number of carbonyl (C=O) groups is 3. The number of carbonyl (C=O) groups excluding carboxylic acids is 3. The van der Waals surface area contributed by atoms with Gasteiger partial charge in [0.15, 0.2) is 6.10 Å². The van der Waals surface area contributed by atoms with E-state index in [1.807, 2.05) is 12.2 Å². The lowest BCUT2D eigenvalue weighted by molar-refractivity contribution is -0.161. The fourth-order valence-electron chi connectivity index (χ4n) is 7.45. The van der Waals surface area contributed by atoms with E-state index in [1.165, 1.54) is 83.5 Å². The zero-order valence-electron chi connectivity index (χ0n) is 45.6. The highest BCUT2D eigenvalue weighted by molar-refractivity contribution is 7.47. The van der Waals surface area contributed by atoms with E-state index >= 15 is 0 Å². The summed E-state index contributed by atoms with van der Waals surface area (Å²) < 4.78 is 39.4. The van der Waals surface area contributed by atoms with Crippen LogP contribution >= 0.6 is 7.82 Å². The maximum Gasteiger partial charge on any atom is 0.472 e. The van der Waals surface area contributed by atoms with E-state index in [0.717, 1.165) is 96.3 Å². The average molecular weight is 1030 g/mol. The Bertz CT molecular complexity index is 1530. The van der Waals surface area contributed by atoms with Crippen molar-refractivity contribution in [1.29, 1.82) is 0 Å². The Morgan fingerprint density at radius 2 is 0.750 bits per heavy atom. The first kappa shape index (κ1) is 68.7. The quantitative estimate of drug-likeness (QED) is 0.0197. The van der Waals surface area contributed by atoms with Crippen LogP contribution in [-0.2, 0) is 42.2 Å². The lowest BCUT2D eigenvalue weighted by atomic mass is 10.1. The number of phosphoric ester groups is 1. The monoisotopic (exact) mass is 1030 g/mol. The predicted molar refractivity (Wildman–Crippen MR) is 298 cm³/mol. The SMILES string of the molecule is CC/C=C\C/C=C\C/C=C\C/C=C\CCC(=O)OC(COC(=O)CCCCCCCCCCC/C=C\C/C=C\CCCCC)COP(=O)(O)OCC(CO)OC(=O)CCCCCCC/C=C\CCCCCC. The summed E-state index contributed by atoms with van der Waals surface area (Å²) in [5.41, 5.74) is 0. The van der Waals surface area contributed by atoms with Gasteiger partial charge < -0.3 is 24.2 Å². The number of phosphoric acid groups is 1. The Labute approximate surface area is 439 Å². The average Bonchev–Trinajstić information content (AvgIpc) is 3.37. The second-order valence-electron chi connectivity index (χ2n) is 18.7. The maximum atomic E-state index is 12.9. The summed E-state index contributed by atoms with van der Waals surface area (Å²) in [7, 11) is -4.77. The Morgan fingerprint density at radius 1 is 0.403 bits per heavy atom. The Balaban J connectivity index is 4.77. The van der Waals surface area contributed by atoms with Crippen LogP contribution in [0.1, 0.15) is 239 Å². The van der Waals surface area contributed by atoms with Gasteiger partial charge in [0.25, 0.3) is 0 Å². The second-order valence-corrected chi connectivity index (χ2v) is 20.2.